The van der Waals surface area contributed by atoms with Gasteiger partial charge in [-0.25, -0.2) is 4.39 Å². The zero-order valence-electron chi connectivity index (χ0n) is 11.1. The molecule has 8 heteroatoms. The van der Waals surface area contributed by atoms with Gasteiger partial charge in [-0.15, -0.1) is 10.2 Å². The molecule has 0 bridgehead atoms. The Kier molecular flexibility index (Phi) is 4.23. The molecule has 0 aliphatic rings. The van der Waals surface area contributed by atoms with E-state index < -0.39 is 0 Å². The largest absolute Gasteiger partial charge is 0.368 e. The van der Waals surface area contributed by atoms with Crippen molar-refractivity contribution in [2.24, 2.45) is 7.05 Å². The minimum atomic E-state index is -0.350. The molecule has 0 saturated heterocycles. The molecule has 1 heterocycles. The predicted molar refractivity (Wildman–Crippen MR) is 75.9 cm³/mol. The molecule has 2 rings (SSSR count). The number of hydrogen-bond acceptors (Lipinski definition) is 5. The number of anilines is 2. The molecule has 6 nitrogen and oxygen atoms in total. The summed E-state index contributed by atoms with van der Waals surface area (Å²) < 4.78 is 14.9. The fourth-order valence-electron chi connectivity index (χ4n) is 1.45. The Labute approximate surface area is 119 Å². The number of thioether (sulfide) groups is 1. The Balaban J connectivity index is 1.92. The molecule has 1 aromatic carbocycles. The predicted octanol–water partition coefficient (Wildman–Crippen LogP) is 1.58. The Bertz CT molecular complexity index is 643. The lowest BCUT2D eigenvalue weighted by Crippen LogP contribution is -2.14. The van der Waals surface area contributed by atoms with Crippen LogP contribution in [0.5, 0.6) is 0 Å². The number of halogens is 1. The second-order valence-corrected chi connectivity index (χ2v) is 5.14. The van der Waals surface area contributed by atoms with E-state index in [-0.39, 0.29) is 23.4 Å². The van der Waals surface area contributed by atoms with E-state index in [1.54, 1.807) is 30.7 Å². The van der Waals surface area contributed by atoms with Gasteiger partial charge in [-0.1, -0.05) is 17.8 Å². The number of amides is 1. The first kappa shape index (κ1) is 14.3. The van der Waals surface area contributed by atoms with Gasteiger partial charge in [-0.3, -0.25) is 9.36 Å². The van der Waals surface area contributed by atoms with Gasteiger partial charge in [0.25, 0.3) is 0 Å². The Morgan fingerprint density at radius 2 is 2.25 bits per heavy atom. The van der Waals surface area contributed by atoms with Gasteiger partial charge in [0.05, 0.1) is 5.75 Å². The highest BCUT2D eigenvalue weighted by atomic mass is 32.2. The van der Waals surface area contributed by atoms with E-state index in [1.165, 1.54) is 17.8 Å². The lowest BCUT2D eigenvalue weighted by Gasteiger charge is -2.06. The van der Waals surface area contributed by atoms with Crippen LogP contribution in [0.1, 0.15) is 5.56 Å². The second kappa shape index (κ2) is 5.91. The number of aryl methyl sites for hydroxylation is 1. The van der Waals surface area contributed by atoms with E-state index in [9.17, 15) is 9.18 Å². The summed E-state index contributed by atoms with van der Waals surface area (Å²) >= 11 is 1.21. The third kappa shape index (κ3) is 3.27. The highest BCUT2D eigenvalue weighted by molar-refractivity contribution is 7.99. The van der Waals surface area contributed by atoms with Gasteiger partial charge in [0, 0.05) is 12.7 Å². The zero-order chi connectivity index (χ0) is 14.7. The number of carbonyl (C=O) groups excluding carboxylic acids is 1. The van der Waals surface area contributed by atoms with Crippen LogP contribution in [-0.4, -0.2) is 26.4 Å². The van der Waals surface area contributed by atoms with Crippen molar-refractivity contribution >= 4 is 29.3 Å². The van der Waals surface area contributed by atoms with Crippen LogP contribution in [-0.2, 0) is 11.8 Å². The third-order valence-electron chi connectivity index (χ3n) is 2.66. The maximum Gasteiger partial charge on any atom is 0.234 e. The van der Waals surface area contributed by atoms with Gasteiger partial charge in [0.15, 0.2) is 5.16 Å². The molecule has 0 saturated carbocycles. The molecule has 0 aliphatic heterocycles. The SMILES string of the molecule is Cc1ccc(NC(=O)CSc2nnc(N)n2C)cc1F. The molecule has 2 aromatic rings. The summed E-state index contributed by atoms with van der Waals surface area (Å²) in [5, 5.41) is 10.7. The second-order valence-electron chi connectivity index (χ2n) is 4.20. The quantitative estimate of drug-likeness (QED) is 0.836. The fourth-order valence-corrected chi connectivity index (χ4v) is 2.17. The highest BCUT2D eigenvalue weighted by Crippen LogP contribution is 2.18. The average Bonchev–Trinajstić information content (AvgIpc) is 2.72. The summed E-state index contributed by atoms with van der Waals surface area (Å²) in [6, 6.07) is 4.56. The van der Waals surface area contributed by atoms with Crippen molar-refractivity contribution in [2.45, 2.75) is 12.1 Å². The van der Waals surface area contributed by atoms with Crippen molar-refractivity contribution < 1.29 is 9.18 Å². The molecule has 0 atom stereocenters. The van der Waals surface area contributed by atoms with E-state index in [1.807, 2.05) is 0 Å². The molecule has 0 fully saturated rings. The highest BCUT2D eigenvalue weighted by Gasteiger charge is 2.10. The average molecular weight is 295 g/mol. The fraction of sp³-hybridized carbons (Fsp3) is 0.250. The van der Waals surface area contributed by atoms with Crippen molar-refractivity contribution in [3.05, 3.63) is 29.6 Å². The molecular weight excluding hydrogens is 281 g/mol. The van der Waals surface area contributed by atoms with E-state index in [2.05, 4.69) is 15.5 Å². The molecule has 3 N–H and O–H groups in total. The van der Waals surface area contributed by atoms with Gasteiger partial charge >= 0.3 is 0 Å². The minimum Gasteiger partial charge on any atom is -0.368 e. The zero-order valence-corrected chi connectivity index (χ0v) is 11.9. The van der Waals surface area contributed by atoms with Crippen molar-refractivity contribution in [1.82, 2.24) is 14.8 Å². The number of nitrogens with one attached hydrogen (secondary N) is 1. The minimum absolute atomic E-state index is 0.140. The van der Waals surface area contributed by atoms with Crippen LogP contribution in [0.15, 0.2) is 23.4 Å². The van der Waals surface area contributed by atoms with Gasteiger partial charge in [0.2, 0.25) is 11.9 Å². The molecular formula is C12H14FN5OS. The van der Waals surface area contributed by atoms with Crippen LogP contribution < -0.4 is 11.1 Å². The number of hydrogen-bond donors (Lipinski definition) is 2. The van der Waals surface area contributed by atoms with E-state index in [4.69, 9.17) is 5.73 Å². The first-order chi connectivity index (χ1) is 9.47. The summed E-state index contributed by atoms with van der Waals surface area (Å²) in [6.07, 6.45) is 0. The molecule has 0 spiro atoms. The summed E-state index contributed by atoms with van der Waals surface area (Å²) in [4.78, 5) is 11.8. The van der Waals surface area contributed by atoms with Crippen molar-refractivity contribution in [2.75, 3.05) is 16.8 Å². The van der Waals surface area contributed by atoms with Crippen LogP contribution in [0.4, 0.5) is 16.0 Å². The number of nitrogens with zero attached hydrogens (tertiary/aromatic N) is 3. The Morgan fingerprint density at radius 1 is 1.50 bits per heavy atom. The van der Waals surface area contributed by atoms with Gasteiger partial charge in [-0.2, -0.15) is 0 Å². The van der Waals surface area contributed by atoms with Gasteiger partial charge < -0.3 is 11.1 Å². The maximum atomic E-state index is 13.3. The van der Waals surface area contributed by atoms with Crippen molar-refractivity contribution in [1.29, 1.82) is 0 Å². The number of benzene rings is 1. The van der Waals surface area contributed by atoms with Crippen molar-refractivity contribution in [3.8, 4) is 0 Å². The summed E-state index contributed by atoms with van der Waals surface area (Å²) in [7, 11) is 1.71. The number of rotatable bonds is 4. The molecule has 0 unspecified atom stereocenters. The van der Waals surface area contributed by atoms with Crippen molar-refractivity contribution in [3.63, 3.8) is 0 Å². The van der Waals surface area contributed by atoms with Crippen LogP contribution >= 0.6 is 11.8 Å². The topological polar surface area (TPSA) is 85.8 Å². The first-order valence-electron chi connectivity index (χ1n) is 5.81. The molecule has 0 aliphatic carbocycles. The smallest absolute Gasteiger partial charge is 0.234 e. The standard InChI is InChI=1S/C12H14FN5OS/c1-7-3-4-8(5-9(7)13)15-10(19)6-20-12-17-16-11(14)18(12)2/h3-5H,6H2,1-2H3,(H2,14,16)(H,15,19). The monoisotopic (exact) mass is 295 g/mol. The molecule has 1 aromatic heterocycles. The summed E-state index contributed by atoms with van der Waals surface area (Å²) in [5.41, 5.74) is 6.50. The van der Waals surface area contributed by atoms with Crippen LogP contribution in [0.25, 0.3) is 0 Å². The summed E-state index contributed by atoms with van der Waals surface area (Å²) in [6.45, 7) is 1.66. The Hall–Kier alpha value is -2.09. The number of nitrogens with two attached hydrogens (primary N) is 1. The van der Waals surface area contributed by atoms with E-state index in [0.717, 1.165) is 0 Å². The molecule has 0 radical (unpaired) electrons. The maximum absolute atomic E-state index is 13.3. The Morgan fingerprint density at radius 3 is 2.85 bits per heavy atom. The molecule has 106 valence electrons. The van der Waals surface area contributed by atoms with Crippen LogP contribution in [0.2, 0.25) is 0 Å². The number of aromatic nitrogens is 3. The molecule has 1 amide bonds. The van der Waals surface area contributed by atoms with E-state index in [0.29, 0.717) is 16.4 Å². The number of nitrogen functional groups attached to an aromatic ring is 1. The van der Waals surface area contributed by atoms with Gasteiger partial charge in [-0.05, 0) is 24.6 Å². The van der Waals surface area contributed by atoms with Gasteiger partial charge in [0.1, 0.15) is 5.82 Å². The van der Waals surface area contributed by atoms with Crippen LogP contribution in [0.3, 0.4) is 0 Å². The number of carbonyl (C=O) groups is 1. The van der Waals surface area contributed by atoms with Crippen LogP contribution in [0, 0.1) is 12.7 Å². The third-order valence-corrected chi connectivity index (χ3v) is 3.68. The lowest BCUT2D eigenvalue weighted by atomic mass is 10.2. The van der Waals surface area contributed by atoms with E-state index >= 15 is 0 Å². The first-order valence-corrected chi connectivity index (χ1v) is 6.79. The normalized spacial score (nSPS) is 10.6. The summed E-state index contributed by atoms with van der Waals surface area (Å²) in [5.74, 6) is -0.175. The molecule has 20 heavy (non-hydrogen) atoms. The lowest BCUT2D eigenvalue weighted by molar-refractivity contribution is -0.113.